The molecule has 21 heavy (non-hydrogen) atoms. The molecule has 2 aliphatic rings. The summed E-state index contributed by atoms with van der Waals surface area (Å²) >= 11 is 5.97. The quantitative estimate of drug-likeness (QED) is 0.856. The van der Waals surface area contributed by atoms with E-state index in [1.807, 2.05) is 0 Å². The normalized spacial score (nSPS) is 26.0. The van der Waals surface area contributed by atoms with Gasteiger partial charge < -0.3 is 10.5 Å². The van der Waals surface area contributed by atoms with Crippen LogP contribution >= 0.6 is 11.6 Å². The standard InChI is InChI=1S/C16H22ClNO2S/c17-12-4-5-14(18)15(10-12)21(19)11-13-6-9-16(20-13)7-2-1-3-8-16/h4-5,10,13H,1-3,6-9,11,18H2. The van der Waals surface area contributed by atoms with Crippen molar-refractivity contribution in [1.82, 2.24) is 0 Å². The maximum Gasteiger partial charge on any atom is 0.0702 e. The molecule has 0 radical (unpaired) electrons. The molecular formula is C16H22ClNO2S. The molecule has 1 heterocycles. The van der Waals surface area contributed by atoms with Gasteiger partial charge in [0.2, 0.25) is 0 Å². The fraction of sp³-hybridized carbons (Fsp3) is 0.625. The van der Waals surface area contributed by atoms with Crippen molar-refractivity contribution < 1.29 is 8.95 Å². The van der Waals surface area contributed by atoms with E-state index in [-0.39, 0.29) is 11.7 Å². The third-order valence-corrected chi connectivity index (χ3v) is 6.42. The van der Waals surface area contributed by atoms with Crippen molar-refractivity contribution in [1.29, 1.82) is 0 Å². The van der Waals surface area contributed by atoms with E-state index in [1.54, 1.807) is 18.2 Å². The van der Waals surface area contributed by atoms with Gasteiger partial charge in [0, 0.05) is 10.7 Å². The predicted molar refractivity (Wildman–Crippen MR) is 87.1 cm³/mol. The maximum absolute atomic E-state index is 12.5. The summed E-state index contributed by atoms with van der Waals surface area (Å²) in [6, 6.07) is 5.15. The van der Waals surface area contributed by atoms with Crippen molar-refractivity contribution >= 4 is 28.1 Å². The first-order valence-corrected chi connectivity index (χ1v) is 9.39. The first kappa shape index (κ1) is 15.3. The van der Waals surface area contributed by atoms with Gasteiger partial charge in [-0.1, -0.05) is 30.9 Å². The van der Waals surface area contributed by atoms with Crippen LogP contribution in [-0.4, -0.2) is 21.7 Å². The van der Waals surface area contributed by atoms with Gasteiger partial charge >= 0.3 is 0 Å². The van der Waals surface area contributed by atoms with Crippen LogP contribution < -0.4 is 5.73 Å². The van der Waals surface area contributed by atoms with E-state index < -0.39 is 10.8 Å². The van der Waals surface area contributed by atoms with Crippen LogP contribution in [0.1, 0.15) is 44.9 Å². The minimum Gasteiger partial charge on any atom is -0.398 e. The molecule has 5 heteroatoms. The van der Waals surface area contributed by atoms with Crippen molar-refractivity contribution in [3.05, 3.63) is 23.2 Å². The number of nitrogens with two attached hydrogens (primary N) is 1. The number of benzene rings is 1. The van der Waals surface area contributed by atoms with Crippen LogP contribution in [0.5, 0.6) is 0 Å². The van der Waals surface area contributed by atoms with E-state index in [0.29, 0.717) is 21.4 Å². The van der Waals surface area contributed by atoms with E-state index in [0.717, 1.165) is 25.7 Å². The zero-order valence-electron chi connectivity index (χ0n) is 12.1. The molecule has 2 fully saturated rings. The minimum absolute atomic E-state index is 0.0764. The first-order valence-electron chi connectivity index (χ1n) is 7.69. The summed E-state index contributed by atoms with van der Waals surface area (Å²) in [5, 5.41) is 0.573. The predicted octanol–water partition coefficient (Wildman–Crippen LogP) is 3.91. The van der Waals surface area contributed by atoms with Crippen LogP contribution in [0.2, 0.25) is 5.02 Å². The molecule has 1 saturated heterocycles. The largest absolute Gasteiger partial charge is 0.398 e. The molecular weight excluding hydrogens is 306 g/mol. The summed E-state index contributed by atoms with van der Waals surface area (Å²) < 4.78 is 18.8. The van der Waals surface area contributed by atoms with Crippen molar-refractivity contribution in [3.8, 4) is 0 Å². The van der Waals surface area contributed by atoms with Crippen molar-refractivity contribution in [3.63, 3.8) is 0 Å². The van der Waals surface area contributed by atoms with Crippen molar-refractivity contribution in [2.45, 2.75) is 61.5 Å². The number of hydrogen-bond acceptors (Lipinski definition) is 3. The molecule has 2 atom stereocenters. The molecule has 1 aliphatic carbocycles. The number of halogens is 1. The molecule has 0 bridgehead atoms. The highest BCUT2D eigenvalue weighted by atomic mass is 35.5. The summed E-state index contributed by atoms with van der Waals surface area (Å²) in [6.45, 7) is 0. The lowest BCUT2D eigenvalue weighted by Gasteiger charge is -2.33. The molecule has 1 aromatic carbocycles. The monoisotopic (exact) mass is 327 g/mol. The van der Waals surface area contributed by atoms with Crippen molar-refractivity contribution in [2.24, 2.45) is 0 Å². The van der Waals surface area contributed by atoms with Crippen LogP contribution in [0, 0.1) is 0 Å². The maximum atomic E-state index is 12.5. The van der Waals surface area contributed by atoms with Gasteiger partial charge in [0.25, 0.3) is 0 Å². The summed E-state index contributed by atoms with van der Waals surface area (Å²) in [7, 11) is -1.15. The SMILES string of the molecule is Nc1ccc(Cl)cc1S(=O)CC1CCC2(CCCCC2)O1. The smallest absolute Gasteiger partial charge is 0.0702 e. The zero-order chi connectivity index (χ0) is 14.9. The van der Waals surface area contributed by atoms with Gasteiger partial charge in [-0.2, -0.15) is 0 Å². The van der Waals surface area contributed by atoms with Crippen LogP contribution in [0.15, 0.2) is 23.1 Å². The van der Waals surface area contributed by atoms with Crippen LogP contribution in [0.3, 0.4) is 0 Å². The number of rotatable bonds is 3. The second kappa shape index (κ2) is 6.27. The Balaban J connectivity index is 1.64. The molecule has 116 valence electrons. The second-order valence-electron chi connectivity index (χ2n) is 6.22. The third kappa shape index (κ3) is 3.43. The molecule has 1 aromatic rings. The molecule has 1 saturated carbocycles. The van der Waals surface area contributed by atoms with E-state index in [1.165, 1.54) is 19.3 Å². The molecule has 1 spiro atoms. The molecule has 0 aromatic heterocycles. The van der Waals surface area contributed by atoms with Gasteiger partial charge in [-0.3, -0.25) is 4.21 Å². The molecule has 3 nitrogen and oxygen atoms in total. The lowest BCUT2D eigenvalue weighted by molar-refractivity contribution is -0.0557. The number of nitrogen functional groups attached to an aromatic ring is 1. The third-order valence-electron chi connectivity index (χ3n) is 4.66. The minimum atomic E-state index is -1.15. The Morgan fingerprint density at radius 3 is 2.81 bits per heavy atom. The van der Waals surface area contributed by atoms with Gasteiger partial charge in [0.05, 0.1) is 33.2 Å². The van der Waals surface area contributed by atoms with Crippen LogP contribution in [-0.2, 0) is 15.5 Å². The lowest BCUT2D eigenvalue weighted by Crippen LogP contribution is -2.32. The Kier molecular flexibility index (Phi) is 4.57. The Labute approximate surface area is 133 Å². The van der Waals surface area contributed by atoms with Gasteiger partial charge in [0.15, 0.2) is 0 Å². The number of hydrogen-bond donors (Lipinski definition) is 1. The van der Waals surface area contributed by atoms with Gasteiger partial charge in [-0.15, -0.1) is 0 Å². The van der Waals surface area contributed by atoms with Gasteiger partial charge in [-0.05, 0) is 43.9 Å². The average Bonchev–Trinajstić information content (AvgIpc) is 2.84. The highest BCUT2D eigenvalue weighted by Gasteiger charge is 2.41. The molecule has 2 N–H and O–H groups in total. The van der Waals surface area contributed by atoms with E-state index in [4.69, 9.17) is 22.1 Å². The summed E-state index contributed by atoms with van der Waals surface area (Å²) in [5.41, 5.74) is 6.53. The van der Waals surface area contributed by atoms with E-state index in [2.05, 4.69) is 0 Å². The second-order valence-corrected chi connectivity index (χ2v) is 8.12. The molecule has 1 aliphatic heterocycles. The first-order chi connectivity index (χ1) is 10.1. The Morgan fingerprint density at radius 2 is 2.05 bits per heavy atom. The summed E-state index contributed by atoms with van der Waals surface area (Å²) in [4.78, 5) is 0.635. The topological polar surface area (TPSA) is 52.3 Å². The van der Waals surface area contributed by atoms with Crippen molar-refractivity contribution in [2.75, 3.05) is 11.5 Å². The Morgan fingerprint density at radius 1 is 1.29 bits per heavy atom. The fourth-order valence-electron chi connectivity index (χ4n) is 3.54. The zero-order valence-corrected chi connectivity index (χ0v) is 13.7. The van der Waals surface area contributed by atoms with E-state index >= 15 is 0 Å². The molecule has 3 rings (SSSR count). The molecule has 2 unspecified atom stereocenters. The van der Waals surface area contributed by atoms with Crippen LogP contribution in [0.25, 0.3) is 0 Å². The fourth-order valence-corrected chi connectivity index (χ4v) is 5.12. The highest BCUT2D eigenvalue weighted by molar-refractivity contribution is 7.85. The number of ether oxygens (including phenoxy) is 1. The lowest BCUT2D eigenvalue weighted by atomic mass is 9.83. The molecule has 0 amide bonds. The average molecular weight is 328 g/mol. The number of anilines is 1. The summed E-state index contributed by atoms with van der Waals surface area (Å²) in [5.74, 6) is 0.520. The van der Waals surface area contributed by atoms with Crippen LogP contribution in [0.4, 0.5) is 5.69 Å². The Hall–Kier alpha value is -0.580. The van der Waals surface area contributed by atoms with E-state index in [9.17, 15) is 4.21 Å². The van der Waals surface area contributed by atoms with Gasteiger partial charge in [-0.25, -0.2) is 0 Å². The summed E-state index contributed by atoms with van der Waals surface area (Å²) in [6.07, 6.45) is 8.37. The highest BCUT2D eigenvalue weighted by Crippen LogP contribution is 2.42. The Bertz CT molecular complexity index is 543. The van der Waals surface area contributed by atoms with Gasteiger partial charge in [0.1, 0.15) is 0 Å².